The van der Waals surface area contributed by atoms with Crippen LogP contribution in [-0.4, -0.2) is 47.6 Å². The van der Waals surface area contributed by atoms with Gasteiger partial charge in [-0.15, -0.1) is 14.9 Å². The number of aromatic carboxylic acids is 1. The van der Waals surface area contributed by atoms with Crippen LogP contribution in [0, 0.1) is 0 Å². The maximum Gasteiger partial charge on any atom is 0.335 e. The number of para-hydroxylation sites is 1. The van der Waals surface area contributed by atoms with Crippen molar-refractivity contribution in [1.29, 1.82) is 0 Å². The van der Waals surface area contributed by atoms with Gasteiger partial charge in [-0.1, -0.05) is 46.3 Å². The topological polar surface area (TPSA) is 149 Å². The average molecular weight is 566 g/mol. The monoisotopic (exact) mass is 565 g/mol. The molecule has 202 valence electrons. The molecule has 4 aromatic rings. The number of carbonyl (C=O) groups is 2. The molecule has 0 fully saturated rings. The number of carboxylic acid groups (broad SMARTS) is 1. The summed E-state index contributed by atoms with van der Waals surface area (Å²) in [6.07, 6.45) is 0. The molecule has 1 amide bonds. The van der Waals surface area contributed by atoms with Crippen molar-refractivity contribution >= 4 is 39.7 Å². The van der Waals surface area contributed by atoms with Crippen LogP contribution in [0.2, 0.25) is 0 Å². The molecule has 1 unspecified atom stereocenters. The SMILES string of the molecule is CC(C)(C)N[S+](=O)([O-])c1cccc(-c2nnc(SCC(=O)Nc3ccc(C(=O)O)cc3)n2-c2ccccc2)c1. The molecule has 1 aromatic heterocycles. The minimum atomic E-state index is -3.78. The van der Waals surface area contributed by atoms with Crippen LogP contribution in [0.15, 0.2) is 88.9 Å². The summed E-state index contributed by atoms with van der Waals surface area (Å²) in [6, 6.07) is 21.6. The molecule has 3 N–H and O–H groups in total. The van der Waals surface area contributed by atoms with Crippen molar-refractivity contribution in [2.75, 3.05) is 11.1 Å². The normalized spacial score (nSPS) is 13.0. The molecule has 39 heavy (non-hydrogen) atoms. The first-order chi connectivity index (χ1) is 18.4. The number of rotatable bonds is 9. The summed E-state index contributed by atoms with van der Waals surface area (Å²) < 4.78 is 30.3. The Labute approximate surface area is 231 Å². The van der Waals surface area contributed by atoms with E-state index in [1.54, 1.807) is 43.5 Å². The van der Waals surface area contributed by atoms with Gasteiger partial charge in [-0.25, -0.2) is 4.79 Å². The van der Waals surface area contributed by atoms with Gasteiger partial charge >= 0.3 is 5.97 Å². The number of thioether (sulfide) groups is 1. The Balaban J connectivity index is 1.60. The lowest BCUT2D eigenvalue weighted by molar-refractivity contribution is -0.113. The summed E-state index contributed by atoms with van der Waals surface area (Å²) in [5.74, 6) is -0.932. The van der Waals surface area contributed by atoms with Gasteiger partial charge in [-0.3, -0.25) is 9.36 Å². The summed E-state index contributed by atoms with van der Waals surface area (Å²) in [6.45, 7) is 5.31. The molecular weight excluding hydrogens is 538 g/mol. The van der Waals surface area contributed by atoms with Crippen LogP contribution in [0.25, 0.3) is 17.1 Å². The molecule has 0 aliphatic rings. The number of benzene rings is 3. The molecule has 0 saturated carbocycles. The predicted molar refractivity (Wildman–Crippen MR) is 150 cm³/mol. The van der Waals surface area contributed by atoms with Gasteiger partial charge in [0.15, 0.2) is 26.3 Å². The number of amides is 1. The Morgan fingerprint density at radius 2 is 1.69 bits per heavy atom. The number of nitrogens with one attached hydrogen (secondary N) is 2. The van der Waals surface area contributed by atoms with Crippen molar-refractivity contribution in [2.24, 2.45) is 0 Å². The van der Waals surface area contributed by atoms with E-state index in [9.17, 15) is 18.4 Å². The molecule has 3 aromatic carbocycles. The Bertz CT molecular complexity index is 1530. The molecule has 0 aliphatic heterocycles. The van der Waals surface area contributed by atoms with Gasteiger partial charge < -0.3 is 15.0 Å². The van der Waals surface area contributed by atoms with Crippen LogP contribution in [0.1, 0.15) is 31.1 Å². The van der Waals surface area contributed by atoms with Crippen molar-refractivity contribution in [2.45, 2.75) is 36.4 Å². The third-order valence-electron chi connectivity index (χ3n) is 5.24. The van der Waals surface area contributed by atoms with E-state index in [2.05, 4.69) is 20.2 Å². The highest BCUT2D eigenvalue weighted by Crippen LogP contribution is 2.30. The summed E-state index contributed by atoms with van der Waals surface area (Å²) >= 11 is 1.16. The molecule has 10 nitrogen and oxygen atoms in total. The lowest BCUT2D eigenvalue weighted by Gasteiger charge is -2.24. The molecule has 0 spiro atoms. The van der Waals surface area contributed by atoms with E-state index in [4.69, 9.17) is 5.11 Å². The number of sulfonamides is 1. The molecule has 0 saturated heterocycles. The first kappa shape index (κ1) is 28.2. The fourth-order valence-corrected chi connectivity index (χ4v) is 5.86. The molecule has 1 atom stereocenters. The Morgan fingerprint density at radius 1 is 1.00 bits per heavy atom. The zero-order valence-electron chi connectivity index (χ0n) is 21.5. The van der Waals surface area contributed by atoms with Gasteiger partial charge in [0.1, 0.15) is 0 Å². The Kier molecular flexibility index (Phi) is 8.31. The summed E-state index contributed by atoms with van der Waals surface area (Å²) in [4.78, 5) is 23.7. The van der Waals surface area contributed by atoms with Crippen LogP contribution in [0.5, 0.6) is 0 Å². The third kappa shape index (κ3) is 7.18. The first-order valence-electron chi connectivity index (χ1n) is 11.8. The second-order valence-electron chi connectivity index (χ2n) is 9.58. The molecule has 4 rings (SSSR count). The Hall–Kier alpha value is -3.84. The highest BCUT2D eigenvalue weighted by Gasteiger charge is 2.28. The van der Waals surface area contributed by atoms with E-state index in [1.165, 1.54) is 30.3 Å². The highest BCUT2D eigenvalue weighted by atomic mass is 32.3. The van der Waals surface area contributed by atoms with Crippen LogP contribution >= 0.6 is 11.8 Å². The predicted octanol–water partition coefficient (Wildman–Crippen LogP) is 4.66. The molecular formula is C27H27N5O5S2. The molecule has 1 heterocycles. The molecule has 0 aliphatic carbocycles. The van der Waals surface area contributed by atoms with Crippen LogP contribution in [0.4, 0.5) is 5.69 Å². The van der Waals surface area contributed by atoms with Crippen LogP contribution in [0.3, 0.4) is 0 Å². The summed E-state index contributed by atoms with van der Waals surface area (Å²) in [5.41, 5.74) is 1.22. The standard InChI is InChI=1S/C27H27N5O5S2/c1-27(2,3)31-39(36,37)22-11-7-8-19(16-22)24-29-30-26(32(24)21-9-5-4-6-10-21)38-17-23(33)28-20-14-12-18(13-15-20)25(34)35/h4-16H,17H2,1-3H3,(H3-,28,31,33,34,35,36,37). The number of anilines is 1. The number of aromatic nitrogens is 3. The average Bonchev–Trinajstić information content (AvgIpc) is 3.31. The van der Waals surface area contributed by atoms with E-state index in [-0.39, 0.29) is 22.1 Å². The van der Waals surface area contributed by atoms with Crippen molar-refractivity contribution in [3.63, 3.8) is 0 Å². The van der Waals surface area contributed by atoms with Gasteiger partial charge in [0.2, 0.25) is 5.91 Å². The highest BCUT2D eigenvalue weighted by molar-refractivity contribution is 7.99. The fourth-order valence-electron chi connectivity index (χ4n) is 3.65. The maximum absolute atomic E-state index is 12.9. The van der Waals surface area contributed by atoms with Gasteiger partial charge in [0.05, 0.1) is 16.9 Å². The number of hydrogen-bond donors (Lipinski definition) is 3. The van der Waals surface area contributed by atoms with E-state index in [0.717, 1.165) is 17.4 Å². The van der Waals surface area contributed by atoms with E-state index < -0.39 is 21.9 Å². The number of carbonyl (C=O) groups excluding carboxylic acids is 1. The zero-order valence-corrected chi connectivity index (χ0v) is 23.1. The van der Waals surface area contributed by atoms with Crippen LogP contribution in [-0.2, 0) is 19.4 Å². The quantitative estimate of drug-likeness (QED) is 0.196. The molecule has 12 heteroatoms. The van der Waals surface area contributed by atoms with E-state index in [1.807, 2.05) is 30.3 Å². The fraction of sp³-hybridized carbons (Fsp3) is 0.185. The van der Waals surface area contributed by atoms with Crippen molar-refractivity contribution in [1.82, 2.24) is 19.5 Å². The maximum atomic E-state index is 12.9. The van der Waals surface area contributed by atoms with Gasteiger partial charge in [0.25, 0.3) is 0 Å². The van der Waals surface area contributed by atoms with Gasteiger partial charge in [-0.2, -0.15) is 0 Å². The van der Waals surface area contributed by atoms with E-state index in [0.29, 0.717) is 22.2 Å². The van der Waals surface area contributed by atoms with Crippen molar-refractivity contribution in [3.8, 4) is 17.1 Å². The smallest absolute Gasteiger partial charge is 0.335 e. The minimum Gasteiger partial charge on any atom is -0.593 e. The summed E-state index contributed by atoms with van der Waals surface area (Å²) in [5, 5.41) is 20.8. The van der Waals surface area contributed by atoms with E-state index >= 15 is 0 Å². The number of hydrogen-bond acceptors (Lipinski definition) is 7. The summed E-state index contributed by atoms with van der Waals surface area (Å²) in [7, 11) is -3.78. The Morgan fingerprint density at radius 3 is 2.33 bits per heavy atom. The third-order valence-corrected chi connectivity index (χ3v) is 7.92. The zero-order chi connectivity index (χ0) is 28.2. The largest absolute Gasteiger partial charge is 0.593 e. The number of nitrogens with zero attached hydrogens (tertiary/aromatic N) is 3. The second kappa shape index (κ2) is 11.5. The molecule has 0 radical (unpaired) electrons. The minimum absolute atomic E-state index is 0.00949. The molecule has 0 bridgehead atoms. The lowest BCUT2D eigenvalue weighted by Crippen LogP contribution is -2.44. The van der Waals surface area contributed by atoms with Gasteiger partial charge in [0, 0.05) is 23.0 Å². The van der Waals surface area contributed by atoms with Gasteiger partial charge in [-0.05, 0) is 63.2 Å². The first-order valence-corrected chi connectivity index (χ1v) is 14.3. The second-order valence-corrected chi connectivity index (χ2v) is 12.2. The lowest BCUT2D eigenvalue weighted by atomic mass is 10.1. The number of carboxylic acids is 1. The van der Waals surface area contributed by atoms with Crippen molar-refractivity contribution in [3.05, 3.63) is 84.4 Å². The van der Waals surface area contributed by atoms with Crippen LogP contribution < -0.4 is 10.0 Å². The van der Waals surface area contributed by atoms with Crippen molar-refractivity contribution < 1.29 is 23.5 Å².